The molecule has 3 aliphatic rings. The number of carbonyl (C=O) groups is 1. The SMILES string of the molecule is CC1CC2CC3(O)CC(CC23)C1=O. The van der Waals surface area contributed by atoms with Gasteiger partial charge in [-0.2, -0.15) is 0 Å². The lowest BCUT2D eigenvalue weighted by atomic mass is 9.60. The molecular weight excluding hydrogens is 164 g/mol. The monoisotopic (exact) mass is 180 g/mol. The average molecular weight is 180 g/mol. The van der Waals surface area contributed by atoms with Gasteiger partial charge in [-0.05, 0) is 37.5 Å². The summed E-state index contributed by atoms with van der Waals surface area (Å²) in [7, 11) is 0. The Morgan fingerprint density at radius 1 is 1.38 bits per heavy atom. The minimum atomic E-state index is -0.425. The molecule has 72 valence electrons. The third kappa shape index (κ3) is 0.850. The number of hydrogen-bond acceptors (Lipinski definition) is 2. The van der Waals surface area contributed by atoms with E-state index in [9.17, 15) is 9.90 Å². The van der Waals surface area contributed by atoms with Gasteiger partial charge in [0.2, 0.25) is 0 Å². The minimum absolute atomic E-state index is 0.192. The van der Waals surface area contributed by atoms with Crippen molar-refractivity contribution < 1.29 is 9.90 Å². The van der Waals surface area contributed by atoms with Crippen LogP contribution in [-0.4, -0.2) is 16.5 Å². The summed E-state index contributed by atoms with van der Waals surface area (Å²) >= 11 is 0. The summed E-state index contributed by atoms with van der Waals surface area (Å²) in [5, 5.41) is 10.1. The number of ketones is 1. The predicted octanol–water partition coefficient (Wildman–Crippen LogP) is 1.37. The van der Waals surface area contributed by atoms with Crippen LogP contribution in [0.3, 0.4) is 0 Å². The second-order valence-corrected chi connectivity index (χ2v) is 5.35. The molecule has 0 aromatic heterocycles. The Hall–Kier alpha value is -0.370. The van der Waals surface area contributed by atoms with E-state index in [2.05, 4.69) is 6.92 Å². The maximum atomic E-state index is 11.8. The number of fused-ring (bicyclic) bond motifs is 1. The second-order valence-electron chi connectivity index (χ2n) is 5.35. The Labute approximate surface area is 78.3 Å². The van der Waals surface area contributed by atoms with Gasteiger partial charge in [-0.25, -0.2) is 0 Å². The fraction of sp³-hybridized carbons (Fsp3) is 0.909. The zero-order valence-electron chi connectivity index (χ0n) is 7.99. The molecule has 0 radical (unpaired) electrons. The molecule has 3 fully saturated rings. The first-order valence-electron chi connectivity index (χ1n) is 5.36. The Kier molecular flexibility index (Phi) is 1.33. The normalized spacial score (nSPS) is 58.8. The molecule has 0 aliphatic heterocycles. The van der Waals surface area contributed by atoms with Crippen LogP contribution in [0.2, 0.25) is 0 Å². The lowest BCUT2D eigenvalue weighted by Gasteiger charge is -2.49. The van der Waals surface area contributed by atoms with Crippen molar-refractivity contribution in [3.8, 4) is 0 Å². The molecule has 0 aromatic rings. The van der Waals surface area contributed by atoms with Crippen molar-refractivity contribution in [2.75, 3.05) is 0 Å². The number of carbonyl (C=O) groups excluding carboxylic acids is 1. The van der Waals surface area contributed by atoms with Crippen molar-refractivity contribution in [3.63, 3.8) is 0 Å². The fourth-order valence-electron chi connectivity index (χ4n) is 3.93. The Morgan fingerprint density at radius 3 is 2.92 bits per heavy atom. The highest BCUT2D eigenvalue weighted by Gasteiger charge is 2.61. The van der Waals surface area contributed by atoms with Crippen LogP contribution in [0, 0.1) is 23.7 Å². The van der Waals surface area contributed by atoms with Crippen LogP contribution < -0.4 is 0 Å². The van der Waals surface area contributed by atoms with Crippen molar-refractivity contribution in [2.45, 2.75) is 38.2 Å². The number of hydrogen-bond donors (Lipinski definition) is 1. The van der Waals surface area contributed by atoms with Crippen molar-refractivity contribution in [3.05, 3.63) is 0 Å². The number of Topliss-reactive ketones (excluding diaryl/α,β-unsaturated/α-hetero) is 1. The van der Waals surface area contributed by atoms with E-state index in [1.807, 2.05) is 0 Å². The van der Waals surface area contributed by atoms with E-state index in [0.717, 1.165) is 25.7 Å². The predicted molar refractivity (Wildman–Crippen MR) is 48.1 cm³/mol. The molecule has 0 aromatic carbocycles. The first-order valence-corrected chi connectivity index (χ1v) is 5.36. The Morgan fingerprint density at radius 2 is 2.15 bits per heavy atom. The smallest absolute Gasteiger partial charge is 0.138 e. The van der Waals surface area contributed by atoms with Gasteiger partial charge in [0.1, 0.15) is 5.78 Å². The molecule has 1 N–H and O–H groups in total. The van der Waals surface area contributed by atoms with E-state index in [1.165, 1.54) is 0 Å². The summed E-state index contributed by atoms with van der Waals surface area (Å²) in [6.07, 6.45) is 3.73. The zero-order chi connectivity index (χ0) is 9.22. The molecule has 0 heterocycles. The van der Waals surface area contributed by atoms with E-state index in [1.54, 1.807) is 0 Å². The molecule has 0 saturated heterocycles. The summed E-state index contributed by atoms with van der Waals surface area (Å²) in [4.78, 5) is 11.8. The molecule has 0 amide bonds. The molecule has 13 heavy (non-hydrogen) atoms. The highest BCUT2D eigenvalue weighted by Crippen LogP contribution is 2.60. The molecule has 2 bridgehead atoms. The van der Waals surface area contributed by atoms with Gasteiger partial charge < -0.3 is 5.11 Å². The largest absolute Gasteiger partial charge is 0.390 e. The molecule has 5 unspecified atom stereocenters. The van der Waals surface area contributed by atoms with Gasteiger partial charge in [0.15, 0.2) is 0 Å². The lowest BCUT2D eigenvalue weighted by molar-refractivity contribution is -0.140. The average Bonchev–Trinajstić information content (AvgIpc) is 2.28. The van der Waals surface area contributed by atoms with Crippen molar-refractivity contribution in [2.24, 2.45) is 23.7 Å². The zero-order valence-corrected chi connectivity index (χ0v) is 7.99. The first kappa shape index (κ1) is 7.98. The van der Waals surface area contributed by atoms with Crippen LogP contribution >= 0.6 is 0 Å². The Balaban J connectivity index is 1.95. The Bertz CT molecular complexity index is 273. The van der Waals surface area contributed by atoms with E-state index in [4.69, 9.17) is 0 Å². The van der Waals surface area contributed by atoms with Crippen LogP contribution in [0.4, 0.5) is 0 Å². The van der Waals surface area contributed by atoms with Crippen molar-refractivity contribution in [1.82, 2.24) is 0 Å². The maximum Gasteiger partial charge on any atom is 0.138 e. The van der Waals surface area contributed by atoms with Gasteiger partial charge in [0, 0.05) is 11.8 Å². The standard InChI is InChI=1S/C11H16O2/c1-6-2-7-4-11(13)5-8(10(6)12)3-9(7)11/h6-9,13H,2-5H2,1H3. The van der Waals surface area contributed by atoms with Gasteiger partial charge in [0.25, 0.3) is 0 Å². The second kappa shape index (κ2) is 2.17. The molecule has 3 aliphatic carbocycles. The third-order valence-corrected chi connectivity index (χ3v) is 4.56. The molecule has 2 heteroatoms. The first-order chi connectivity index (χ1) is 6.10. The van der Waals surface area contributed by atoms with E-state index >= 15 is 0 Å². The topological polar surface area (TPSA) is 37.3 Å². The van der Waals surface area contributed by atoms with Gasteiger partial charge in [-0.3, -0.25) is 4.79 Å². The molecule has 3 rings (SSSR count). The van der Waals surface area contributed by atoms with E-state index in [0.29, 0.717) is 17.6 Å². The van der Waals surface area contributed by atoms with Gasteiger partial charge in [-0.15, -0.1) is 0 Å². The van der Waals surface area contributed by atoms with Crippen LogP contribution in [0.15, 0.2) is 0 Å². The highest BCUT2D eigenvalue weighted by molar-refractivity contribution is 5.84. The summed E-state index contributed by atoms with van der Waals surface area (Å²) in [5.41, 5.74) is -0.425. The van der Waals surface area contributed by atoms with Gasteiger partial charge >= 0.3 is 0 Å². The fourth-order valence-corrected chi connectivity index (χ4v) is 3.93. The summed E-state index contributed by atoms with van der Waals surface area (Å²) in [6.45, 7) is 2.06. The molecule has 3 saturated carbocycles. The van der Waals surface area contributed by atoms with Gasteiger partial charge in [-0.1, -0.05) is 6.92 Å². The molecule has 5 atom stereocenters. The molecule has 2 nitrogen and oxygen atoms in total. The van der Waals surface area contributed by atoms with Crippen LogP contribution in [0.1, 0.15) is 32.6 Å². The number of rotatable bonds is 0. The quantitative estimate of drug-likeness (QED) is 0.611. The summed E-state index contributed by atoms with van der Waals surface area (Å²) < 4.78 is 0. The lowest BCUT2D eigenvalue weighted by Crippen LogP contribution is -2.51. The van der Waals surface area contributed by atoms with E-state index in [-0.39, 0.29) is 11.8 Å². The third-order valence-electron chi connectivity index (χ3n) is 4.56. The summed E-state index contributed by atoms with van der Waals surface area (Å²) in [6, 6.07) is 0. The van der Waals surface area contributed by atoms with Crippen molar-refractivity contribution >= 4 is 5.78 Å². The highest BCUT2D eigenvalue weighted by atomic mass is 16.3. The van der Waals surface area contributed by atoms with Crippen LogP contribution in [-0.2, 0) is 4.79 Å². The molecular formula is C11H16O2. The van der Waals surface area contributed by atoms with Crippen LogP contribution in [0.5, 0.6) is 0 Å². The van der Waals surface area contributed by atoms with E-state index < -0.39 is 5.60 Å². The molecule has 0 spiro atoms. The minimum Gasteiger partial charge on any atom is -0.390 e. The summed E-state index contributed by atoms with van der Waals surface area (Å²) in [5.74, 6) is 1.98. The number of aliphatic hydroxyl groups is 1. The van der Waals surface area contributed by atoms with Crippen LogP contribution in [0.25, 0.3) is 0 Å². The van der Waals surface area contributed by atoms with Gasteiger partial charge in [0.05, 0.1) is 5.60 Å². The van der Waals surface area contributed by atoms with Crippen molar-refractivity contribution in [1.29, 1.82) is 0 Å². The maximum absolute atomic E-state index is 11.8.